The molecule has 1 aromatic carbocycles. The van der Waals surface area contributed by atoms with E-state index in [2.05, 4.69) is 21.3 Å². The van der Waals surface area contributed by atoms with Crippen LogP contribution in [-0.2, 0) is 14.8 Å². The molecule has 0 amide bonds. The molecular formula is C12H12N2O6S. The number of esters is 1. The Kier molecular flexibility index (Phi) is 5.40. The Morgan fingerprint density at radius 3 is 2.67 bits per heavy atom. The summed E-state index contributed by atoms with van der Waals surface area (Å²) in [5, 5.41) is 10.7. The van der Waals surface area contributed by atoms with Gasteiger partial charge in [-0.05, 0) is 13.0 Å². The minimum atomic E-state index is -4.04. The molecule has 9 heteroatoms. The maximum absolute atomic E-state index is 12.1. The van der Waals surface area contributed by atoms with Crippen LogP contribution in [0.1, 0.15) is 17.3 Å². The maximum Gasteiger partial charge on any atom is 0.339 e. The molecule has 0 aliphatic rings. The van der Waals surface area contributed by atoms with Crippen molar-refractivity contribution < 1.29 is 22.9 Å². The molecule has 0 saturated heterocycles. The molecule has 1 N–H and O–H groups in total. The molecule has 0 bridgehead atoms. The van der Waals surface area contributed by atoms with Gasteiger partial charge in [-0.1, -0.05) is 5.92 Å². The van der Waals surface area contributed by atoms with Crippen molar-refractivity contribution in [3.05, 3.63) is 33.9 Å². The van der Waals surface area contributed by atoms with Crippen molar-refractivity contribution >= 4 is 21.7 Å². The number of benzene rings is 1. The van der Waals surface area contributed by atoms with Gasteiger partial charge in [0.15, 0.2) is 0 Å². The van der Waals surface area contributed by atoms with Gasteiger partial charge in [-0.2, -0.15) is 4.72 Å². The van der Waals surface area contributed by atoms with E-state index in [0.717, 1.165) is 25.3 Å². The van der Waals surface area contributed by atoms with Crippen LogP contribution in [0.15, 0.2) is 23.1 Å². The second kappa shape index (κ2) is 6.83. The van der Waals surface area contributed by atoms with Crippen LogP contribution in [0.25, 0.3) is 0 Å². The molecule has 0 spiro atoms. The van der Waals surface area contributed by atoms with Crippen LogP contribution in [0.3, 0.4) is 0 Å². The molecule has 0 radical (unpaired) electrons. The fraction of sp³-hybridized carbons (Fsp3) is 0.250. The number of ether oxygens (including phenoxy) is 1. The molecule has 112 valence electrons. The fourth-order valence-corrected chi connectivity index (χ4v) is 2.53. The van der Waals surface area contributed by atoms with Gasteiger partial charge < -0.3 is 4.74 Å². The number of methoxy groups -OCH3 is 1. The van der Waals surface area contributed by atoms with Gasteiger partial charge in [-0.3, -0.25) is 10.1 Å². The molecule has 1 rings (SSSR count). The van der Waals surface area contributed by atoms with Crippen molar-refractivity contribution in [1.29, 1.82) is 0 Å². The summed E-state index contributed by atoms with van der Waals surface area (Å²) in [6, 6.07) is 2.82. The Balaban J connectivity index is 3.36. The summed E-state index contributed by atoms with van der Waals surface area (Å²) in [6.07, 6.45) is 0. The Morgan fingerprint density at radius 2 is 2.14 bits per heavy atom. The standard InChI is InChI=1S/C12H12N2O6S/c1-3-4-7-13-21(18,19)11-6-5-9(14(16)17)8-10(11)12(15)20-2/h5-6,8,13H,7H2,1-2H3. The van der Waals surface area contributed by atoms with Crippen LogP contribution in [0, 0.1) is 22.0 Å². The third-order valence-electron chi connectivity index (χ3n) is 2.40. The maximum atomic E-state index is 12.1. The minimum absolute atomic E-state index is 0.142. The van der Waals surface area contributed by atoms with Crippen molar-refractivity contribution in [1.82, 2.24) is 4.72 Å². The molecule has 1 aromatic rings. The number of nitrogens with zero attached hydrogens (tertiary/aromatic N) is 1. The lowest BCUT2D eigenvalue weighted by Gasteiger charge is -2.08. The fourth-order valence-electron chi connectivity index (χ4n) is 1.43. The smallest absolute Gasteiger partial charge is 0.339 e. The highest BCUT2D eigenvalue weighted by Crippen LogP contribution is 2.22. The molecule has 0 atom stereocenters. The van der Waals surface area contributed by atoms with Gasteiger partial charge in [0.25, 0.3) is 5.69 Å². The molecule has 0 aliphatic carbocycles. The predicted octanol–water partition coefficient (Wildman–Crippen LogP) is 0.683. The van der Waals surface area contributed by atoms with Crippen LogP contribution in [0.2, 0.25) is 0 Å². The first kappa shape index (κ1) is 16.6. The lowest BCUT2D eigenvalue weighted by atomic mass is 10.2. The van der Waals surface area contributed by atoms with Gasteiger partial charge in [0, 0.05) is 12.1 Å². The Hall–Kier alpha value is -2.44. The molecule has 0 fully saturated rings. The Morgan fingerprint density at radius 1 is 1.48 bits per heavy atom. The van der Waals surface area contributed by atoms with Crippen LogP contribution in [0.4, 0.5) is 5.69 Å². The molecule has 0 aliphatic heterocycles. The van der Waals surface area contributed by atoms with E-state index in [9.17, 15) is 23.3 Å². The van der Waals surface area contributed by atoms with Crippen molar-refractivity contribution in [2.45, 2.75) is 11.8 Å². The summed E-state index contributed by atoms with van der Waals surface area (Å²) >= 11 is 0. The van der Waals surface area contributed by atoms with Crippen LogP contribution >= 0.6 is 0 Å². The Labute approximate surface area is 121 Å². The highest BCUT2D eigenvalue weighted by atomic mass is 32.2. The lowest BCUT2D eigenvalue weighted by Crippen LogP contribution is -2.26. The van der Waals surface area contributed by atoms with Gasteiger partial charge in [-0.15, -0.1) is 5.92 Å². The number of nitro benzene ring substituents is 1. The lowest BCUT2D eigenvalue weighted by molar-refractivity contribution is -0.384. The highest BCUT2D eigenvalue weighted by molar-refractivity contribution is 7.89. The van der Waals surface area contributed by atoms with Crippen LogP contribution in [-0.4, -0.2) is 33.0 Å². The molecular weight excluding hydrogens is 300 g/mol. The van der Waals surface area contributed by atoms with Crippen molar-refractivity contribution in [3.63, 3.8) is 0 Å². The van der Waals surface area contributed by atoms with Crippen molar-refractivity contribution in [2.24, 2.45) is 0 Å². The number of hydrogen-bond donors (Lipinski definition) is 1. The van der Waals surface area contributed by atoms with Crippen LogP contribution in [0.5, 0.6) is 0 Å². The number of carbonyl (C=O) groups excluding carboxylic acids is 1. The zero-order chi connectivity index (χ0) is 16.0. The van der Waals surface area contributed by atoms with E-state index in [1.54, 1.807) is 6.92 Å². The van der Waals surface area contributed by atoms with E-state index in [4.69, 9.17) is 0 Å². The third kappa shape index (κ3) is 4.01. The number of rotatable bonds is 5. The largest absolute Gasteiger partial charge is 0.465 e. The van der Waals surface area contributed by atoms with E-state index in [-0.39, 0.29) is 6.54 Å². The summed E-state index contributed by atoms with van der Waals surface area (Å²) < 4.78 is 30.8. The van der Waals surface area contributed by atoms with Gasteiger partial charge in [0.2, 0.25) is 10.0 Å². The van der Waals surface area contributed by atoms with Crippen LogP contribution < -0.4 is 4.72 Å². The number of sulfonamides is 1. The summed E-state index contributed by atoms with van der Waals surface area (Å²) in [5.74, 6) is 4.02. The van der Waals surface area contributed by atoms with E-state index >= 15 is 0 Å². The Bertz CT molecular complexity index is 730. The van der Waals surface area contributed by atoms with Gasteiger partial charge in [-0.25, -0.2) is 13.2 Å². The monoisotopic (exact) mass is 312 g/mol. The highest BCUT2D eigenvalue weighted by Gasteiger charge is 2.25. The quantitative estimate of drug-likeness (QED) is 0.370. The zero-order valence-electron chi connectivity index (χ0n) is 11.2. The number of hydrogen-bond acceptors (Lipinski definition) is 6. The van der Waals surface area contributed by atoms with E-state index in [1.807, 2.05) is 0 Å². The third-order valence-corrected chi connectivity index (χ3v) is 3.86. The normalized spacial score (nSPS) is 10.4. The van der Waals surface area contributed by atoms with Gasteiger partial charge in [0.05, 0.1) is 29.0 Å². The summed E-state index contributed by atoms with van der Waals surface area (Å²) in [6.45, 7) is 1.40. The average Bonchev–Trinajstić information content (AvgIpc) is 2.45. The van der Waals surface area contributed by atoms with Gasteiger partial charge >= 0.3 is 5.97 Å². The molecule has 0 aromatic heterocycles. The molecule has 0 heterocycles. The van der Waals surface area contributed by atoms with Gasteiger partial charge in [0.1, 0.15) is 0 Å². The second-order valence-electron chi connectivity index (χ2n) is 3.68. The predicted molar refractivity (Wildman–Crippen MR) is 73.1 cm³/mol. The number of nitro groups is 1. The molecule has 8 nitrogen and oxygen atoms in total. The zero-order valence-corrected chi connectivity index (χ0v) is 12.1. The van der Waals surface area contributed by atoms with E-state index in [1.165, 1.54) is 0 Å². The van der Waals surface area contributed by atoms with Crippen molar-refractivity contribution in [2.75, 3.05) is 13.7 Å². The molecule has 0 unspecified atom stereocenters. The van der Waals surface area contributed by atoms with E-state index < -0.39 is 37.1 Å². The average molecular weight is 312 g/mol. The summed E-state index contributed by atoms with van der Waals surface area (Å²) in [5.41, 5.74) is -0.827. The SMILES string of the molecule is CC#CCNS(=O)(=O)c1ccc([N+](=O)[O-])cc1C(=O)OC. The number of non-ortho nitro benzene ring substituents is 1. The first-order chi connectivity index (χ1) is 9.83. The number of carbonyl (C=O) groups is 1. The first-order valence-corrected chi connectivity index (χ1v) is 7.08. The molecule has 21 heavy (non-hydrogen) atoms. The number of nitrogens with one attached hydrogen (secondary N) is 1. The minimum Gasteiger partial charge on any atom is -0.465 e. The summed E-state index contributed by atoms with van der Waals surface area (Å²) in [7, 11) is -2.99. The van der Waals surface area contributed by atoms with E-state index in [0.29, 0.717) is 0 Å². The topological polar surface area (TPSA) is 116 Å². The van der Waals surface area contributed by atoms with Crippen molar-refractivity contribution in [3.8, 4) is 11.8 Å². The molecule has 0 saturated carbocycles. The summed E-state index contributed by atoms with van der Waals surface area (Å²) in [4.78, 5) is 21.2. The first-order valence-electron chi connectivity index (χ1n) is 5.59. The second-order valence-corrected chi connectivity index (χ2v) is 5.42.